The van der Waals surface area contributed by atoms with Crippen molar-refractivity contribution in [2.45, 2.75) is 13.3 Å². The van der Waals surface area contributed by atoms with Gasteiger partial charge in [-0.15, -0.1) is 0 Å². The molecule has 1 aromatic rings. The maximum absolute atomic E-state index is 4.53. The molecule has 11 heavy (non-hydrogen) atoms. The first kappa shape index (κ1) is 8.21. The van der Waals surface area contributed by atoms with E-state index in [4.69, 9.17) is 0 Å². The minimum Gasteiger partial charge on any atom is -0.344 e. The van der Waals surface area contributed by atoms with Crippen LogP contribution in [0.3, 0.4) is 0 Å². The highest BCUT2D eigenvalue weighted by Gasteiger charge is 1.89. The van der Waals surface area contributed by atoms with E-state index in [0.717, 1.165) is 12.1 Å². The van der Waals surface area contributed by atoms with E-state index in [0.29, 0.717) is 0 Å². The van der Waals surface area contributed by atoms with Crippen molar-refractivity contribution in [3.8, 4) is 0 Å². The van der Waals surface area contributed by atoms with Crippen LogP contribution in [0.15, 0.2) is 24.3 Å². The predicted octanol–water partition coefficient (Wildman–Crippen LogP) is 2.50. The lowest BCUT2D eigenvalue weighted by Gasteiger charge is -1.99. The molecule has 0 heterocycles. The fourth-order valence-corrected chi connectivity index (χ4v) is 1.00. The van der Waals surface area contributed by atoms with Gasteiger partial charge in [-0.1, -0.05) is 31.3 Å². The largest absolute Gasteiger partial charge is 0.344 e. The molecule has 1 radical (unpaired) electrons. The molecule has 0 unspecified atom stereocenters. The first-order valence-corrected chi connectivity index (χ1v) is 3.99. The van der Waals surface area contributed by atoms with Crippen molar-refractivity contribution < 1.29 is 0 Å². The molecular weight excluding hydrogens is 154 g/mol. The number of hydrogen-bond donors (Lipinski definition) is 1. The van der Waals surface area contributed by atoms with E-state index in [1.165, 1.54) is 5.56 Å². The Morgan fingerprint density at radius 2 is 2.00 bits per heavy atom. The van der Waals surface area contributed by atoms with Gasteiger partial charge in [-0.05, 0) is 24.1 Å². The summed E-state index contributed by atoms with van der Waals surface area (Å²) in [6.45, 7) is 2.13. The molecule has 0 atom stereocenters. The Morgan fingerprint density at radius 1 is 1.36 bits per heavy atom. The summed E-state index contributed by atoms with van der Waals surface area (Å²) < 4.78 is 0. The molecule has 0 saturated carbocycles. The van der Waals surface area contributed by atoms with E-state index in [2.05, 4.69) is 42.1 Å². The van der Waals surface area contributed by atoms with Crippen LogP contribution in [0.2, 0.25) is 0 Å². The van der Waals surface area contributed by atoms with Crippen molar-refractivity contribution in [3.63, 3.8) is 0 Å². The average molecular weight is 164 g/mol. The minimum absolute atomic E-state index is 0.997. The second-order valence-corrected chi connectivity index (χ2v) is 2.48. The van der Waals surface area contributed by atoms with Crippen LogP contribution in [0.25, 0.3) is 0 Å². The van der Waals surface area contributed by atoms with E-state index in [1.54, 1.807) is 0 Å². The van der Waals surface area contributed by atoms with Gasteiger partial charge in [0.2, 0.25) is 0 Å². The van der Waals surface area contributed by atoms with Crippen LogP contribution in [-0.2, 0) is 6.42 Å². The fraction of sp³-hybridized carbons (Fsp3) is 0.222. The molecule has 1 N–H and O–H groups in total. The maximum Gasteiger partial charge on any atom is 0.138 e. The predicted molar refractivity (Wildman–Crippen MR) is 52.0 cm³/mol. The molecule has 2 heteroatoms. The number of nitrogens with one attached hydrogen (secondary N) is 1. The van der Waals surface area contributed by atoms with Crippen molar-refractivity contribution in [1.29, 1.82) is 0 Å². The smallest absolute Gasteiger partial charge is 0.138 e. The standard InChI is InChI=1S/C9H10NS/c1-2-8-3-5-9(6-4-8)10-7-11/h3-6H,2H2,1H3,(H,10,11). The lowest BCUT2D eigenvalue weighted by Crippen LogP contribution is -1.91. The number of rotatable bonds is 3. The minimum atomic E-state index is 0.997. The fourth-order valence-electron chi connectivity index (χ4n) is 0.883. The zero-order valence-corrected chi connectivity index (χ0v) is 7.24. The van der Waals surface area contributed by atoms with E-state index in [-0.39, 0.29) is 0 Å². The van der Waals surface area contributed by atoms with Crippen molar-refractivity contribution in [2.24, 2.45) is 0 Å². The zero-order valence-electron chi connectivity index (χ0n) is 6.42. The third kappa shape index (κ3) is 2.31. The molecule has 57 valence electrons. The normalized spacial score (nSPS) is 9.18. The van der Waals surface area contributed by atoms with Gasteiger partial charge in [0, 0.05) is 5.69 Å². The van der Waals surface area contributed by atoms with Gasteiger partial charge in [0.1, 0.15) is 5.49 Å². The summed E-state index contributed by atoms with van der Waals surface area (Å²) in [4.78, 5) is 0. The van der Waals surface area contributed by atoms with Crippen LogP contribution in [0, 0.1) is 0 Å². The van der Waals surface area contributed by atoms with E-state index in [1.807, 2.05) is 12.1 Å². The zero-order chi connectivity index (χ0) is 8.10. The number of anilines is 1. The quantitative estimate of drug-likeness (QED) is 0.544. The second kappa shape index (κ2) is 4.09. The molecular formula is C9H10NS. The topological polar surface area (TPSA) is 12.0 Å². The molecule has 0 spiro atoms. The van der Waals surface area contributed by atoms with Crippen molar-refractivity contribution >= 4 is 23.4 Å². The van der Waals surface area contributed by atoms with E-state index >= 15 is 0 Å². The lowest BCUT2D eigenvalue weighted by molar-refractivity contribution is 1.14. The first-order valence-electron chi connectivity index (χ1n) is 3.59. The van der Waals surface area contributed by atoms with Gasteiger partial charge >= 0.3 is 0 Å². The van der Waals surface area contributed by atoms with Crippen molar-refractivity contribution in [1.82, 2.24) is 0 Å². The molecule has 0 fully saturated rings. The Kier molecular flexibility index (Phi) is 3.05. The van der Waals surface area contributed by atoms with Gasteiger partial charge in [0.25, 0.3) is 0 Å². The Hall–Kier alpha value is -0.890. The van der Waals surface area contributed by atoms with Gasteiger partial charge in [-0.25, -0.2) is 0 Å². The molecule has 1 rings (SSSR count). The Morgan fingerprint density at radius 3 is 2.45 bits per heavy atom. The summed E-state index contributed by atoms with van der Waals surface area (Å²) in [6.07, 6.45) is 1.07. The van der Waals surface area contributed by atoms with Gasteiger partial charge in [-0.2, -0.15) is 0 Å². The highest BCUT2D eigenvalue weighted by atomic mass is 32.1. The summed E-state index contributed by atoms with van der Waals surface area (Å²) >= 11 is 4.53. The van der Waals surface area contributed by atoms with Crippen molar-refractivity contribution in [2.75, 3.05) is 5.32 Å². The molecule has 0 aliphatic heterocycles. The Labute approximate surface area is 72.4 Å². The number of benzene rings is 1. The molecule has 0 amide bonds. The Balaban J connectivity index is 2.74. The molecule has 0 bridgehead atoms. The highest BCUT2D eigenvalue weighted by Crippen LogP contribution is 2.08. The van der Waals surface area contributed by atoms with Crippen molar-refractivity contribution in [3.05, 3.63) is 29.8 Å². The van der Waals surface area contributed by atoms with Gasteiger partial charge in [0.05, 0.1) is 0 Å². The molecule has 0 saturated heterocycles. The number of thiocarbonyl (C=S) groups is 1. The SMILES string of the molecule is CCc1ccc(N[C]=S)cc1. The van der Waals surface area contributed by atoms with Gasteiger partial charge in [-0.3, -0.25) is 0 Å². The van der Waals surface area contributed by atoms with Crippen LogP contribution in [0.1, 0.15) is 12.5 Å². The molecule has 0 aliphatic carbocycles. The summed E-state index contributed by atoms with van der Waals surface area (Å²) in [7, 11) is 0. The highest BCUT2D eigenvalue weighted by molar-refractivity contribution is 7.79. The first-order chi connectivity index (χ1) is 5.36. The number of hydrogen-bond acceptors (Lipinski definition) is 1. The monoisotopic (exact) mass is 164 g/mol. The van der Waals surface area contributed by atoms with Crippen LogP contribution < -0.4 is 5.32 Å². The third-order valence-corrected chi connectivity index (χ3v) is 1.66. The third-order valence-electron chi connectivity index (χ3n) is 1.56. The van der Waals surface area contributed by atoms with Crippen LogP contribution >= 0.6 is 12.2 Å². The van der Waals surface area contributed by atoms with Crippen LogP contribution in [-0.4, -0.2) is 5.49 Å². The average Bonchev–Trinajstić information content (AvgIpc) is 2.07. The van der Waals surface area contributed by atoms with Crippen LogP contribution in [0.5, 0.6) is 0 Å². The van der Waals surface area contributed by atoms with E-state index in [9.17, 15) is 0 Å². The molecule has 1 nitrogen and oxygen atoms in total. The second-order valence-electron chi connectivity index (χ2n) is 2.28. The summed E-state index contributed by atoms with van der Waals surface area (Å²) in [5.74, 6) is 0. The summed E-state index contributed by atoms with van der Waals surface area (Å²) in [5, 5.41) is 2.82. The van der Waals surface area contributed by atoms with Gasteiger partial charge in [0.15, 0.2) is 0 Å². The number of aryl methyl sites for hydroxylation is 1. The summed E-state index contributed by atoms with van der Waals surface area (Å²) in [5.41, 5.74) is 4.79. The molecule has 0 aromatic heterocycles. The van der Waals surface area contributed by atoms with E-state index < -0.39 is 0 Å². The lowest BCUT2D eigenvalue weighted by atomic mass is 10.1. The van der Waals surface area contributed by atoms with Crippen LogP contribution in [0.4, 0.5) is 5.69 Å². The maximum atomic E-state index is 4.53. The van der Waals surface area contributed by atoms with Gasteiger partial charge < -0.3 is 5.32 Å². The molecule has 0 aliphatic rings. The molecule has 1 aromatic carbocycles. The Bertz CT molecular complexity index is 228. The summed E-state index contributed by atoms with van der Waals surface area (Å²) in [6, 6.07) is 8.15.